The fourth-order valence-electron chi connectivity index (χ4n) is 3.69. The van der Waals surface area contributed by atoms with Crippen molar-refractivity contribution in [3.05, 3.63) is 101 Å². The predicted octanol–water partition coefficient (Wildman–Crippen LogP) is 7.02. The Bertz CT molecular complexity index is 1050. The maximum Gasteiger partial charge on any atom is 0.179 e. The molecule has 0 heterocycles. The number of carbonyl (C=O) groups excluding carboxylic acids is 1. The summed E-state index contributed by atoms with van der Waals surface area (Å²) in [6, 6.07) is 25.4. The predicted molar refractivity (Wildman–Crippen MR) is 148 cm³/mol. The quantitative estimate of drug-likeness (QED) is 0.314. The number of ether oxygens (including phenoxy) is 1. The number of carbonyl (C=O) groups is 1. The number of Topliss-reactive ketones (excluding diaryl/α,β-unsaturated/α-hetero) is 1. The summed E-state index contributed by atoms with van der Waals surface area (Å²) in [6.07, 6.45) is 1.05. The summed E-state index contributed by atoms with van der Waals surface area (Å²) in [5.41, 5.74) is 2.97. The lowest BCUT2D eigenvalue weighted by Crippen LogP contribution is -2.46. The zero-order valence-electron chi connectivity index (χ0n) is 21.8. The van der Waals surface area contributed by atoms with Gasteiger partial charge in [-0.15, -0.1) is 0 Å². The molecule has 0 spiro atoms. The maximum absolute atomic E-state index is 12.1. The van der Waals surface area contributed by atoms with Crippen LogP contribution in [0, 0.1) is 6.92 Å². The van der Waals surface area contributed by atoms with Gasteiger partial charge in [-0.05, 0) is 77.5 Å². The highest BCUT2D eigenvalue weighted by Gasteiger charge is 2.20. The normalized spacial score (nSPS) is 12.8. The Morgan fingerprint density at radius 2 is 1.63 bits per heavy atom. The first-order valence-corrected chi connectivity index (χ1v) is 12.5. The van der Waals surface area contributed by atoms with E-state index in [4.69, 9.17) is 16.3 Å². The molecule has 0 aliphatic carbocycles. The van der Waals surface area contributed by atoms with Gasteiger partial charge < -0.3 is 15.4 Å². The van der Waals surface area contributed by atoms with Gasteiger partial charge in [0, 0.05) is 22.5 Å². The van der Waals surface area contributed by atoms with Gasteiger partial charge in [-0.3, -0.25) is 4.79 Å². The Morgan fingerprint density at radius 1 is 0.971 bits per heavy atom. The minimum atomic E-state index is -0.210. The molecule has 2 N–H and O–H groups in total. The molecular formula is C30H39ClN2O2. The summed E-state index contributed by atoms with van der Waals surface area (Å²) in [5.74, 6) is 1.03. The number of nitrogens with one attached hydrogen (secondary N) is 2. The molecule has 4 nitrogen and oxygen atoms in total. The minimum absolute atomic E-state index is 0.0671. The van der Waals surface area contributed by atoms with Crippen LogP contribution in [0.15, 0.2) is 78.9 Å². The van der Waals surface area contributed by atoms with E-state index in [1.807, 2.05) is 59.0 Å². The number of hydrogen-bond donors (Lipinski definition) is 2. The number of para-hydroxylation sites is 1. The average molecular weight is 495 g/mol. The Hall–Kier alpha value is -2.66. The SMILES string of the molecule is CC(NC(C)(C)C)C(=O)c1cccc(Cl)c1.CNCC[C@@H](Oc1ccccc1C)c1ccccc1. The second kappa shape index (κ2) is 14.0. The van der Waals surface area contributed by atoms with Gasteiger partial charge in [-0.25, -0.2) is 0 Å². The van der Waals surface area contributed by atoms with Crippen molar-refractivity contribution in [3.8, 4) is 5.75 Å². The van der Waals surface area contributed by atoms with E-state index in [2.05, 4.69) is 47.9 Å². The molecular weight excluding hydrogens is 456 g/mol. The van der Waals surface area contributed by atoms with Crippen LogP contribution < -0.4 is 15.4 Å². The monoisotopic (exact) mass is 494 g/mol. The molecule has 2 atom stereocenters. The molecule has 3 aromatic carbocycles. The molecule has 0 aromatic heterocycles. The van der Waals surface area contributed by atoms with Crippen LogP contribution >= 0.6 is 11.6 Å². The fourth-order valence-corrected chi connectivity index (χ4v) is 3.88. The van der Waals surface area contributed by atoms with Crippen molar-refractivity contribution in [1.82, 2.24) is 10.6 Å². The molecule has 35 heavy (non-hydrogen) atoms. The number of rotatable bonds is 9. The van der Waals surface area contributed by atoms with Gasteiger partial charge in [0.05, 0.1) is 6.04 Å². The summed E-state index contributed by atoms with van der Waals surface area (Å²) >= 11 is 5.85. The van der Waals surface area contributed by atoms with E-state index in [0.29, 0.717) is 10.6 Å². The van der Waals surface area contributed by atoms with Crippen molar-refractivity contribution >= 4 is 17.4 Å². The summed E-state index contributed by atoms with van der Waals surface area (Å²) < 4.78 is 6.19. The summed E-state index contributed by atoms with van der Waals surface area (Å²) in [4.78, 5) is 12.1. The second-order valence-corrected chi connectivity index (χ2v) is 10.1. The van der Waals surface area contributed by atoms with Crippen LogP contribution in [0.1, 0.15) is 61.7 Å². The van der Waals surface area contributed by atoms with Gasteiger partial charge in [0.25, 0.3) is 0 Å². The van der Waals surface area contributed by atoms with Crippen molar-refractivity contribution in [3.63, 3.8) is 0 Å². The molecule has 0 bridgehead atoms. The van der Waals surface area contributed by atoms with Crippen LogP contribution in [0.3, 0.4) is 0 Å². The third-order valence-corrected chi connectivity index (χ3v) is 5.58. The van der Waals surface area contributed by atoms with Gasteiger partial charge in [0.1, 0.15) is 11.9 Å². The van der Waals surface area contributed by atoms with Crippen LogP contribution in [-0.2, 0) is 0 Å². The van der Waals surface area contributed by atoms with Crippen molar-refractivity contribution in [2.45, 2.75) is 58.7 Å². The van der Waals surface area contributed by atoms with Crippen molar-refractivity contribution in [2.75, 3.05) is 13.6 Å². The van der Waals surface area contributed by atoms with Gasteiger partial charge in [-0.1, -0.05) is 72.3 Å². The molecule has 1 unspecified atom stereocenters. The van der Waals surface area contributed by atoms with E-state index in [9.17, 15) is 4.79 Å². The topological polar surface area (TPSA) is 50.4 Å². The highest BCUT2D eigenvalue weighted by atomic mass is 35.5. The molecule has 3 aromatic rings. The lowest BCUT2D eigenvalue weighted by molar-refractivity contribution is 0.0935. The summed E-state index contributed by atoms with van der Waals surface area (Å²) in [5, 5.41) is 7.02. The third kappa shape index (κ3) is 10.2. The van der Waals surface area contributed by atoms with Gasteiger partial charge in [0.2, 0.25) is 0 Å². The first-order chi connectivity index (χ1) is 16.6. The highest BCUT2D eigenvalue weighted by Crippen LogP contribution is 2.26. The summed E-state index contributed by atoms with van der Waals surface area (Å²) in [7, 11) is 1.97. The van der Waals surface area contributed by atoms with E-state index in [0.717, 1.165) is 18.7 Å². The highest BCUT2D eigenvalue weighted by molar-refractivity contribution is 6.31. The molecule has 5 heteroatoms. The Labute approximate surface area is 216 Å². The van der Waals surface area contributed by atoms with E-state index < -0.39 is 0 Å². The average Bonchev–Trinajstić information content (AvgIpc) is 2.82. The number of hydrogen-bond acceptors (Lipinski definition) is 4. The molecule has 0 aliphatic heterocycles. The van der Waals surface area contributed by atoms with Crippen LogP contribution in [0.2, 0.25) is 5.02 Å². The van der Waals surface area contributed by atoms with Crippen LogP contribution in [0.4, 0.5) is 0 Å². The number of halogens is 1. The molecule has 0 saturated carbocycles. The zero-order valence-corrected chi connectivity index (χ0v) is 22.5. The lowest BCUT2D eigenvalue weighted by Gasteiger charge is -2.25. The molecule has 188 valence electrons. The van der Waals surface area contributed by atoms with E-state index in [1.165, 1.54) is 11.1 Å². The second-order valence-electron chi connectivity index (χ2n) is 9.67. The molecule has 3 rings (SSSR count). The van der Waals surface area contributed by atoms with E-state index in [1.54, 1.807) is 24.3 Å². The maximum atomic E-state index is 12.1. The van der Waals surface area contributed by atoms with Crippen LogP contribution in [0.25, 0.3) is 0 Å². The van der Waals surface area contributed by atoms with E-state index >= 15 is 0 Å². The van der Waals surface area contributed by atoms with Gasteiger partial charge in [0.15, 0.2) is 5.78 Å². The molecule has 0 fully saturated rings. The molecule has 0 saturated heterocycles. The number of benzene rings is 3. The van der Waals surface area contributed by atoms with Crippen molar-refractivity contribution < 1.29 is 9.53 Å². The zero-order chi connectivity index (χ0) is 25.8. The van der Waals surface area contributed by atoms with Gasteiger partial charge in [-0.2, -0.15) is 0 Å². The largest absolute Gasteiger partial charge is 0.485 e. The number of aryl methyl sites for hydroxylation is 1. The first-order valence-electron chi connectivity index (χ1n) is 12.1. The fraction of sp³-hybridized carbons (Fsp3) is 0.367. The molecule has 0 amide bonds. The Morgan fingerprint density at radius 3 is 2.23 bits per heavy atom. The standard InChI is InChI=1S/C17H21NO.C13H18ClNO/c1-14-8-6-7-11-16(14)19-17(12-13-18-2)15-9-4-3-5-10-15;1-9(15-13(2,3)4)12(16)10-6-5-7-11(14)8-10/h3-11,17-18H,12-13H2,1-2H3;5-9,15H,1-4H3/t17-;/m1./s1. The first kappa shape index (κ1) is 28.6. The Balaban J connectivity index is 0.000000251. The van der Waals surface area contributed by atoms with Crippen molar-refractivity contribution in [2.24, 2.45) is 0 Å². The van der Waals surface area contributed by atoms with Crippen molar-refractivity contribution in [1.29, 1.82) is 0 Å². The minimum Gasteiger partial charge on any atom is -0.485 e. The lowest BCUT2D eigenvalue weighted by atomic mass is 10.0. The van der Waals surface area contributed by atoms with Gasteiger partial charge >= 0.3 is 0 Å². The Kier molecular flexibility index (Phi) is 11.5. The van der Waals surface area contributed by atoms with Crippen LogP contribution in [-0.4, -0.2) is 31.0 Å². The van der Waals surface area contributed by atoms with Crippen LogP contribution in [0.5, 0.6) is 5.75 Å². The number of ketones is 1. The van der Waals surface area contributed by atoms with E-state index in [-0.39, 0.29) is 23.5 Å². The smallest absolute Gasteiger partial charge is 0.179 e. The summed E-state index contributed by atoms with van der Waals surface area (Å²) in [6.45, 7) is 11.0. The molecule has 0 aliphatic rings. The third-order valence-electron chi connectivity index (χ3n) is 5.34. The molecule has 0 radical (unpaired) electrons.